The first-order valence-corrected chi connectivity index (χ1v) is 17.8. The van der Waals surface area contributed by atoms with Gasteiger partial charge in [0.2, 0.25) is 0 Å². The van der Waals surface area contributed by atoms with Crippen LogP contribution in [0.3, 0.4) is 0 Å². The van der Waals surface area contributed by atoms with E-state index < -0.39 is 0 Å². The Balaban J connectivity index is 1.21. The van der Waals surface area contributed by atoms with Crippen LogP contribution in [0.25, 0.3) is 95.2 Å². The minimum atomic E-state index is 0.201. The molecule has 0 fully saturated rings. The molecular weight excluding hydrogens is 645 g/mol. The summed E-state index contributed by atoms with van der Waals surface area (Å²) in [5.74, 6) is 0. The third-order valence-electron chi connectivity index (χ3n) is 8.88. The number of benzene rings is 7. The van der Waals surface area contributed by atoms with E-state index in [1.807, 2.05) is 18.2 Å². The molecule has 0 saturated heterocycles. The first-order valence-electron chi connectivity index (χ1n) is 15.3. The van der Waals surface area contributed by atoms with E-state index in [0.29, 0.717) is 0 Å². The van der Waals surface area contributed by atoms with E-state index in [0.717, 1.165) is 44.1 Å². The number of thiazole rings is 1. The number of nitrogens with zero attached hydrogens (tertiary/aromatic N) is 3. The summed E-state index contributed by atoms with van der Waals surface area (Å²) in [6.07, 6.45) is 0. The molecule has 10 rings (SSSR count). The van der Waals surface area contributed by atoms with Gasteiger partial charge in [0.25, 0.3) is 0 Å². The van der Waals surface area contributed by atoms with E-state index in [4.69, 9.17) is 15.0 Å². The number of hydrogen-bond donors (Lipinski definition) is 0. The summed E-state index contributed by atoms with van der Waals surface area (Å²) in [5.41, 5.74) is 8.13. The van der Waals surface area contributed by atoms with Gasteiger partial charge in [0.05, 0.1) is 0 Å². The molecular formula is C41H23N3SSe. The minimum Gasteiger partial charge on any atom is -0.0616 e. The number of hydrogen-bond acceptors (Lipinski definition) is 4. The van der Waals surface area contributed by atoms with Gasteiger partial charge in [0.15, 0.2) is 0 Å². The molecule has 0 atom stereocenters. The van der Waals surface area contributed by atoms with E-state index in [9.17, 15) is 0 Å². The average molecular weight is 669 g/mol. The minimum absolute atomic E-state index is 0.201. The molecule has 10 aromatic rings. The molecule has 0 bridgehead atoms. The number of aromatic nitrogens is 3. The van der Waals surface area contributed by atoms with Gasteiger partial charge in [0.1, 0.15) is 0 Å². The first-order chi connectivity index (χ1) is 22.8. The van der Waals surface area contributed by atoms with Crippen molar-refractivity contribution in [3.8, 4) is 33.1 Å². The maximum absolute atomic E-state index is 5.30. The molecule has 5 heteroatoms. The average Bonchev–Trinajstić information content (AvgIpc) is 3.73. The van der Waals surface area contributed by atoms with Crippen LogP contribution in [0.4, 0.5) is 0 Å². The molecule has 214 valence electrons. The number of para-hydroxylation sites is 2. The second-order valence-corrected chi connectivity index (χ2v) is 14.8. The van der Waals surface area contributed by atoms with Crippen molar-refractivity contribution in [3.05, 3.63) is 140 Å². The number of fused-ring (bicyclic) bond motifs is 9. The van der Waals surface area contributed by atoms with Gasteiger partial charge in [-0.3, -0.25) is 0 Å². The quantitative estimate of drug-likeness (QED) is 0.139. The molecule has 0 aliphatic rings. The molecule has 3 nitrogen and oxygen atoms in total. The van der Waals surface area contributed by atoms with Gasteiger partial charge in [-0.25, -0.2) is 0 Å². The topological polar surface area (TPSA) is 38.7 Å². The van der Waals surface area contributed by atoms with Crippen LogP contribution >= 0.6 is 11.3 Å². The van der Waals surface area contributed by atoms with Crippen LogP contribution in [0.5, 0.6) is 0 Å². The molecule has 0 aliphatic carbocycles. The Morgan fingerprint density at radius 2 is 1.24 bits per heavy atom. The Morgan fingerprint density at radius 3 is 2.13 bits per heavy atom. The fourth-order valence-corrected chi connectivity index (χ4v) is 10.2. The summed E-state index contributed by atoms with van der Waals surface area (Å²) in [6.45, 7) is 0. The molecule has 3 heterocycles. The Kier molecular flexibility index (Phi) is 5.76. The SMILES string of the molecule is c1ccc(-c2nc3c(ccc4ccc5cc(-c6nc7ccccc7nc6-c6cccc7c6[se]c6ccccc67)ccc5c43)s2)cc1. The predicted molar refractivity (Wildman–Crippen MR) is 196 cm³/mol. The molecule has 46 heavy (non-hydrogen) atoms. The second-order valence-electron chi connectivity index (χ2n) is 11.6. The van der Waals surface area contributed by atoms with Gasteiger partial charge in [-0.1, -0.05) is 30.3 Å². The molecule has 0 N–H and O–H groups in total. The van der Waals surface area contributed by atoms with Gasteiger partial charge in [-0.2, -0.15) is 0 Å². The van der Waals surface area contributed by atoms with Crippen LogP contribution in [0.15, 0.2) is 140 Å². The molecule has 0 saturated carbocycles. The Bertz CT molecular complexity index is 2820. The maximum atomic E-state index is 5.30. The molecule has 0 aliphatic heterocycles. The number of rotatable bonds is 3. The Labute approximate surface area is 274 Å². The Morgan fingerprint density at radius 1 is 0.500 bits per heavy atom. The summed E-state index contributed by atoms with van der Waals surface area (Å²) in [5, 5.41) is 8.48. The molecule has 0 radical (unpaired) electrons. The van der Waals surface area contributed by atoms with Crippen molar-refractivity contribution in [3.63, 3.8) is 0 Å². The summed E-state index contributed by atoms with van der Waals surface area (Å²) in [4.78, 5) is 15.8. The third kappa shape index (κ3) is 4.00. The van der Waals surface area contributed by atoms with Gasteiger partial charge < -0.3 is 0 Å². The van der Waals surface area contributed by atoms with Crippen molar-refractivity contribution in [1.29, 1.82) is 0 Å². The van der Waals surface area contributed by atoms with Gasteiger partial charge in [-0.15, -0.1) is 0 Å². The van der Waals surface area contributed by atoms with Crippen molar-refractivity contribution in [2.24, 2.45) is 0 Å². The van der Waals surface area contributed by atoms with Crippen LogP contribution in [0, 0.1) is 0 Å². The van der Waals surface area contributed by atoms with E-state index in [-0.39, 0.29) is 14.5 Å². The zero-order valence-electron chi connectivity index (χ0n) is 24.4. The van der Waals surface area contributed by atoms with Gasteiger partial charge in [0, 0.05) is 5.56 Å². The summed E-state index contributed by atoms with van der Waals surface area (Å²) in [6, 6.07) is 49.7. The van der Waals surface area contributed by atoms with E-state index >= 15 is 0 Å². The van der Waals surface area contributed by atoms with Crippen LogP contribution in [0.2, 0.25) is 0 Å². The standard InChI is InChI=1S/C41H23N3SSe/c1-2-9-25(10-3-1)41-44-39-34(45-41)22-20-24-17-18-26-23-27(19-21-28(26)36(24)39)37-38(43-33-15-6-5-14-32(33)42-37)31-13-8-12-30-29-11-4-7-16-35(29)46-40(30)31/h1-23H. The zero-order chi connectivity index (χ0) is 30.2. The van der Waals surface area contributed by atoms with E-state index in [1.54, 1.807) is 11.3 Å². The van der Waals surface area contributed by atoms with Crippen molar-refractivity contribution < 1.29 is 0 Å². The summed E-state index contributed by atoms with van der Waals surface area (Å²) < 4.78 is 4.01. The van der Waals surface area contributed by atoms with Gasteiger partial charge >= 0.3 is 240 Å². The fourth-order valence-electron chi connectivity index (χ4n) is 6.71. The van der Waals surface area contributed by atoms with Crippen LogP contribution < -0.4 is 0 Å². The summed E-state index contributed by atoms with van der Waals surface area (Å²) in [7, 11) is 0. The molecule has 7 aromatic carbocycles. The van der Waals surface area contributed by atoms with Crippen molar-refractivity contribution in [1.82, 2.24) is 15.0 Å². The van der Waals surface area contributed by atoms with E-state index in [2.05, 4.69) is 121 Å². The third-order valence-corrected chi connectivity index (χ3v) is 12.5. The second kappa shape index (κ2) is 10.2. The van der Waals surface area contributed by atoms with E-state index in [1.165, 1.54) is 51.1 Å². The molecule has 0 amide bonds. The van der Waals surface area contributed by atoms with Crippen molar-refractivity contribution in [2.75, 3.05) is 0 Å². The normalized spacial score (nSPS) is 11.9. The van der Waals surface area contributed by atoms with Crippen molar-refractivity contribution >= 4 is 87.9 Å². The first kappa shape index (κ1) is 26.1. The molecule has 0 unspecified atom stereocenters. The smallest absolute Gasteiger partial charge is 0.0616 e. The monoisotopic (exact) mass is 669 g/mol. The molecule has 0 spiro atoms. The zero-order valence-corrected chi connectivity index (χ0v) is 27.0. The van der Waals surface area contributed by atoms with Crippen molar-refractivity contribution in [2.45, 2.75) is 0 Å². The van der Waals surface area contributed by atoms with Crippen LogP contribution in [0.1, 0.15) is 0 Å². The van der Waals surface area contributed by atoms with Crippen LogP contribution in [-0.2, 0) is 0 Å². The van der Waals surface area contributed by atoms with Gasteiger partial charge in [-0.05, 0) is 0 Å². The Hall–Kier alpha value is -5.19. The predicted octanol–water partition coefficient (Wildman–Crippen LogP) is 10.9. The van der Waals surface area contributed by atoms with Crippen LogP contribution in [-0.4, -0.2) is 29.5 Å². The summed E-state index contributed by atoms with van der Waals surface area (Å²) >= 11 is 1.95. The molecule has 3 aromatic heterocycles. The fraction of sp³-hybridized carbons (Fsp3) is 0.